The number of amides is 3. The molecule has 0 heterocycles. The highest BCUT2D eigenvalue weighted by Gasteiger charge is 2.29. The summed E-state index contributed by atoms with van der Waals surface area (Å²) in [5, 5.41) is 15.4. The highest BCUT2D eigenvalue weighted by atomic mass is 16.5. The van der Waals surface area contributed by atoms with Crippen molar-refractivity contribution in [3.63, 3.8) is 0 Å². The Morgan fingerprint density at radius 2 is 1.55 bits per heavy atom. The number of carboxylic acids is 1. The maximum absolute atomic E-state index is 12.4. The SMILES string of the molecule is COCC(NC(=O)OCC1c2ccccc2-c2ccccc21)C(=O)NCC(=O)NCC(=O)O. The zero-order chi connectivity index (χ0) is 23.8. The van der Waals surface area contributed by atoms with E-state index in [0.717, 1.165) is 22.3 Å². The van der Waals surface area contributed by atoms with E-state index in [1.165, 1.54) is 7.11 Å². The van der Waals surface area contributed by atoms with Crippen molar-refractivity contribution >= 4 is 23.9 Å². The van der Waals surface area contributed by atoms with Gasteiger partial charge in [-0.2, -0.15) is 0 Å². The molecule has 1 aliphatic carbocycles. The van der Waals surface area contributed by atoms with Gasteiger partial charge in [-0.15, -0.1) is 0 Å². The van der Waals surface area contributed by atoms with Gasteiger partial charge in [0.25, 0.3) is 0 Å². The number of carboxylic acid groups (broad SMARTS) is 1. The van der Waals surface area contributed by atoms with Crippen LogP contribution in [0.3, 0.4) is 0 Å². The number of nitrogens with one attached hydrogen (secondary N) is 3. The van der Waals surface area contributed by atoms with Gasteiger partial charge in [0, 0.05) is 13.0 Å². The first-order valence-electron chi connectivity index (χ1n) is 10.3. The van der Waals surface area contributed by atoms with E-state index in [-0.39, 0.29) is 19.1 Å². The Bertz CT molecular complexity index is 995. The fourth-order valence-electron chi connectivity index (χ4n) is 3.66. The first-order valence-corrected chi connectivity index (χ1v) is 10.3. The molecule has 10 nitrogen and oxygen atoms in total. The normalized spacial score (nSPS) is 12.8. The van der Waals surface area contributed by atoms with Gasteiger partial charge in [0.05, 0.1) is 13.2 Å². The van der Waals surface area contributed by atoms with E-state index in [1.54, 1.807) is 0 Å². The first-order chi connectivity index (χ1) is 15.9. The lowest BCUT2D eigenvalue weighted by Gasteiger charge is -2.19. The van der Waals surface area contributed by atoms with E-state index in [2.05, 4.69) is 16.0 Å². The average molecular weight is 455 g/mol. The number of hydrogen-bond donors (Lipinski definition) is 4. The van der Waals surface area contributed by atoms with Gasteiger partial charge in [0.1, 0.15) is 19.2 Å². The summed E-state index contributed by atoms with van der Waals surface area (Å²) in [6.45, 7) is -1.07. The minimum Gasteiger partial charge on any atom is -0.480 e. The number of aliphatic carboxylic acids is 1. The monoisotopic (exact) mass is 455 g/mol. The molecule has 2 aromatic rings. The van der Waals surface area contributed by atoms with E-state index in [4.69, 9.17) is 14.6 Å². The van der Waals surface area contributed by atoms with Gasteiger partial charge in [-0.1, -0.05) is 48.5 Å². The Morgan fingerprint density at radius 1 is 0.939 bits per heavy atom. The molecular weight excluding hydrogens is 430 g/mol. The second kappa shape index (κ2) is 11.1. The summed E-state index contributed by atoms with van der Waals surface area (Å²) in [4.78, 5) is 46.8. The lowest BCUT2D eigenvalue weighted by atomic mass is 9.98. The average Bonchev–Trinajstić information content (AvgIpc) is 3.13. The lowest BCUT2D eigenvalue weighted by Crippen LogP contribution is -2.51. The number of carbonyl (C=O) groups is 4. The van der Waals surface area contributed by atoms with Gasteiger partial charge in [0.15, 0.2) is 0 Å². The molecule has 33 heavy (non-hydrogen) atoms. The molecule has 0 radical (unpaired) electrons. The standard InChI is InChI=1S/C23H25N3O7/c1-32-13-19(22(30)25-10-20(27)24-11-21(28)29)26-23(31)33-12-18-16-8-4-2-6-14(16)15-7-3-5-9-17(15)18/h2-9,18-19H,10-13H2,1H3,(H,24,27)(H,25,30)(H,26,31)(H,28,29). The lowest BCUT2D eigenvalue weighted by molar-refractivity contribution is -0.137. The van der Waals surface area contributed by atoms with Gasteiger partial charge in [-0.3, -0.25) is 14.4 Å². The van der Waals surface area contributed by atoms with Crippen molar-refractivity contribution in [2.24, 2.45) is 0 Å². The smallest absolute Gasteiger partial charge is 0.407 e. The van der Waals surface area contributed by atoms with Gasteiger partial charge >= 0.3 is 12.1 Å². The van der Waals surface area contributed by atoms with Crippen LogP contribution in [-0.4, -0.2) is 68.4 Å². The third-order valence-electron chi connectivity index (χ3n) is 5.15. The van der Waals surface area contributed by atoms with Crippen molar-refractivity contribution < 1.29 is 33.8 Å². The molecule has 0 bridgehead atoms. The van der Waals surface area contributed by atoms with Crippen molar-refractivity contribution in [3.05, 3.63) is 59.7 Å². The fraction of sp³-hybridized carbons (Fsp3) is 0.304. The first kappa shape index (κ1) is 23.7. The highest BCUT2D eigenvalue weighted by Crippen LogP contribution is 2.44. The number of fused-ring (bicyclic) bond motifs is 3. The van der Waals surface area contributed by atoms with Crippen molar-refractivity contribution in [2.45, 2.75) is 12.0 Å². The topological polar surface area (TPSA) is 143 Å². The van der Waals surface area contributed by atoms with Crippen molar-refractivity contribution in [3.8, 4) is 11.1 Å². The quantitative estimate of drug-likeness (QED) is 0.416. The maximum atomic E-state index is 12.4. The van der Waals surface area contributed by atoms with Crippen LogP contribution >= 0.6 is 0 Å². The van der Waals surface area contributed by atoms with Crippen LogP contribution in [0, 0.1) is 0 Å². The predicted octanol–water partition coefficient (Wildman–Crippen LogP) is 0.857. The van der Waals surface area contributed by atoms with Crippen LogP contribution in [0.5, 0.6) is 0 Å². The molecule has 4 N–H and O–H groups in total. The van der Waals surface area contributed by atoms with Gasteiger partial charge in [-0.25, -0.2) is 4.79 Å². The minimum atomic E-state index is -1.20. The second-order valence-corrected chi connectivity index (χ2v) is 7.37. The number of carbonyl (C=O) groups excluding carboxylic acids is 3. The molecule has 1 unspecified atom stereocenters. The van der Waals surface area contributed by atoms with E-state index in [9.17, 15) is 19.2 Å². The van der Waals surface area contributed by atoms with Crippen LogP contribution in [0.2, 0.25) is 0 Å². The molecular formula is C23H25N3O7. The van der Waals surface area contributed by atoms with Crippen LogP contribution in [0.25, 0.3) is 11.1 Å². The molecule has 0 fully saturated rings. The zero-order valence-corrected chi connectivity index (χ0v) is 18.0. The summed E-state index contributed by atoms with van der Waals surface area (Å²) in [6.07, 6.45) is -0.801. The van der Waals surface area contributed by atoms with Gasteiger partial charge in [0.2, 0.25) is 11.8 Å². The molecule has 10 heteroatoms. The Kier molecular flexibility index (Phi) is 7.98. The number of ether oxygens (including phenoxy) is 2. The molecule has 3 rings (SSSR count). The molecule has 0 aliphatic heterocycles. The van der Waals surface area contributed by atoms with E-state index in [1.807, 2.05) is 48.5 Å². The summed E-state index contributed by atoms with van der Waals surface area (Å²) < 4.78 is 10.4. The maximum Gasteiger partial charge on any atom is 0.407 e. The van der Waals surface area contributed by atoms with E-state index in [0.29, 0.717) is 0 Å². The number of benzene rings is 2. The van der Waals surface area contributed by atoms with Crippen molar-refractivity contribution in [1.29, 1.82) is 0 Å². The summed E-state index contributed by atoms with van der Waals surface area (Å²) in [5.41, 5.74) is 4.31. The Labute approximate surface area is 190 Å². The highest BCUT2D eigenvalue weighted by molar-refractivity contribution is 5.90. The third-order valence-corrected chi connectivity index (χ3v) is 5.15. The largest absolute Gasteiger partial charge is 0.480 e. The molecule has 0 saturated heterocycles. The van der Waals surface area contributed by atoms with Crippen molar-refractivity contribution in [2.75, 3.05) is 33.4 Å². The Hall–Kier alpha value is -3.92. The van der Waals surface area contributed by atoms with Crippen LogP contribution in [0.15, 0.2) is 48.5 Å². The van der Waals surface area contributed by atoms with Crippen LogP contribution < -0.4 is 16.0 Å². The Balaban J connectivity index is 1.55. The summed E-state index contributed by atoms with van der Waals surface area (Å²) in [6, 6.07) is 14.7. The number of rotatable bonds is 10. The number of alkyl carbamates (subject to hydrolysis) is 1. The van der Waals surface area contributed by atoms with Crippen LogP contribution in [-0.2, 0) is 23.9 Å². The summed E-state index contributed by atoms with van der Waals surface area (Å²) >= 11 is 0. The Morgan fingerprint density at radius 3 is 2.12 bits per heavy atom. The summed E-state index contributed by atoms with van der Waals surface area (Å²) in [7, 11) is 1.36. The molecule has 1 atom stereocenters. The van der Waals surface area contributed by atoms with Gasteiger partial charge < -0.3 is 30.5 Å². The van der Waals surface area contributed by atoms with E-state index >= 15 is 0 Å². The molecule has 174 valence electrons. The molecule has 0 saturated carbocycles. The zero-order valence-electron chi connectivity index (χ0n) is 18.0. The number of hydrogen-bond acceptors (Lipinski definition) is 6. The molecule has 0 spiro atoms. The number of methoxy groups -OCH3 is 1. The summed E-state index contributed by atoms with van der Waals surface area (Å²) in [5.74, 6) is -2.68. The molecule has 3 amide bonds. The third kappa shape index (κ3) is 6.07. The molecule has 1 aliphatic rings. The van der Waals surface area contributed by atoms with E-state index < -0.39 is 43.0 Å². The predicted molar refractivity (Wildman–Crippen MR) is 118 cm³/mol. The minimum absolute atomic E-state index is 0.0821. The molecule has 2 aromatic carbocycles. The van der Waals surface area contributed by atoms with Crippen LogP contribution in [0.4, 0.5) is 4.79 Å². The second-order valence-electron chi connectivity index (χ2n) is 7.37. The van der Waals surface area contributed by atoms with Crippen molar-refractivity contribution in [1.82, 2.24) is 16.0 Å². The van der Waals surface area contributed by atoms with Crippen LogP contribution in [0.1, 0.15) is 17.0 Å². The van der Waals surface area contributed by atoms with Gasteiger partial charge in [-0.05, 0) is 22.3 Å². The fourth-order valence-corrected chi connectivity index (χ4v) is 3.66. The molecule has 0 aromatic heterocycles.